The van der Waals surface area contributed by atoms with Crippen molar-refractivity contribution in [2.75, 3.05) is 18.7 Å². The lowest BCUT2D eigenvalue weighted by atomic mass is 10.3. The lowest BCUT2D eigenvalue weighted by Gasteiger charge is -2.08. The van der Waals surface area contributed by atoms with Crippen LogP contribution in [0.3, 0.4) is 0 Å². The number of hydrogen-bond donors (Lipinski definition) is 1. The largest absolute Gasteiger partial charge is 0.327 e. The summed E-state index contributed by atoms with van der Waals surface area (Å²) in [5.41, 5.74) is 1.31. The molecule has 110 valence electrons. The molecule has 1 N–H and O–H groups in total. The van der Waals surface area contributed by atoms with E-state index in [0.717, 1.165) is 12.1 Å². The van der Waals surface area contributed by atoms with Gasteiger partial charge in [-0.15, -0.1) is 11.6 Å². The lowest BCUT2D eigenvalue weighted by Crippen LogP contribution is -2.26. The third-order valence-corrected chi connectivity index (χ3v) is 3.72. The van der Waals surface area contributed by atoms with E-state index in [0.29, 0.717) is 29.9 Å². The molecule has 2 aromatic rings. The first-order valence-corrected chi connectivity index (χ1v) is 8.48. The van der Waals surface area contributed by atoms with Crippen molar-refractivity contribution in [1.82, 2.24) is 14.3 Å². The average molecular weight is 320 g/mol. The van der Waals surface area contributed by atoms with Gasteiger partial charge < -0.3 is 4.57 Å². The fourth-order valence-corrected chi connectivity index (χ4v) is 2.64. The van der Waals surface area contributed by atoms with Crippen molar-refractivity contribution in [3.63, 3.8) is 0 Å². The standard InChI is InChI=1S/C12H15ClFN3O2S/c1-20(18,19)15-6-7-17-11-8-9(14)2-3-10(11)16-12(17)4-5-13/h2-3,8,15H,4-7H2,1H3. The van der Waals surface area contributed by atoms with Crippen LogP contribution in [0.1, 0.15) is 5.82 Å². The number of aryl methyl sites for hydroxylation is 1. The maximum absolute atomic E-state index is 13.3. The molecule has 0 atom stereocenters. The van der Waals surface area contributed by atoms with Crippen molar-refractivity contribution in [2.45, 2.75) is 13.0 Å². The van der Waals surface area contributed by atoms with Gasteiger partial charge in [0.2, 0.25) is 10.0 Å². The van der Waals surface area contributed by atoms with E-state index >= 15 is 0 Å². The summed E-state index contributed by atoms with van der Waals surface area (Å²) in [4.78, 5) is 4.39. The molecule has 0 aliphatic rings. The highest BCUT2D eigenvalue weighted by Gasteiger charge is 2.11. The van der Waals surface area contributed by atoms with Crippen LogP contribution >= 0.6 is 11.6 Å². The van der Waals surface area contributed by atoms with E-state index in [2.05, 4.69) is 9.71 Å². The van der Waals surface area contributed by atoms with Gasteiger partial charge in [-0.2, -0.15) is 0 Å². The second-order valence-corrected chi connectivity index (χ2v) is 6.63. The zero-order valence-corrected chi connectivity index (χ0v) is 12.5. The van der Waals surface area contributed by atoms with Crippen LogP contribution in [-0.4, -0.2) is 36.6 Å². The summed E-state index contributed by atoms with van der Waals surface area (Å²) in [6.45, 7) is 0.593. The Bertz CT molecular complexity index is 715. The van der Waals surface area contributed by atoms with E-state index in [4.69, 9.17) is 11.6 Å². The number of nitrogens with one attached hydrogen (secondary N) is 1. The predicted molar refractivity (Wildman–Crippen MR) is 77.0 cm³/mol. The van der Waals surface area contributed by atoms with Gasteiger partial charge in [-0.1, -0.05) is 0 Å². The Kier molecular flexibility index (Phi) is 4.62. The molecule has 0 fully saturated rings. The molecule has 1 heterocycles. The summed E-state index contributed by atoms with van der Waals surface area (Å²) < 4.78 is 39.7. The van der Waals surface area contributed by atoms with E-state index < -0.39 is 10.0 Å². The van der Waals surface area contributed by atoms with Crippen LogP contribution in [-0.2, 0) is 23.0 Å². The van der Waals surface area contributed by atoms with Crippen molar-refractivity contribution in [1.29, 1.82) is 0 Å². The van der Waals surface area contributed by atoms with E-state index in [1.807, 2.05) is 0 Å². The Morgan fingerprint density at radius 2 is 2.20 bits per heavy atom. The fraction of sp³-hybridized carbons (Fsp3) is 0.417. The fourth-order valence-electron chi connectivity index (χ4n) is 2.01. The highest BCUT2D eigenvalue weighted by atomic mass is 35.5. The first kappa shape index (κ1) is 15.2. The van der Waals surface area contributed by atoms with Gasteiger partial charge in [0, 0.05) is 25.4 Å². The van der Waals surface area contributed by atoms with Crippen molar-refractivity contribution in [2.24, 2.45) is 0 Å². The van der Waals surface area contributed by atoms with Crippen molar-refractivity contribution in [3.8, 4) is 0 Å². The van der Waals surface area contributed by atoms with Crippen LogP contribution in [0, 0.1) is 5.82 Å². The molecule has 1 aromatic heterocycles. The van der Waals surface area contributed by atoms with Crippen molar-refractivity contribution >= 4 is 32.7 Å². The van der Waals surface area contributed by atoms with Gasteiger partial charge in [-0.25, -0.2) is 22.5 Å². The molecule has 0 amide bonds. The Morgan fingerprint density at radius 3 is 2.85 bits per heavy atom. The number of fused-ring (bicyclic) bond motifs is 1. The molecule has 0 unspecified atom stereocenters. The molecule has 0 bridgehead atoms. The zero-order chi connectivity index (χ0) is 14.8. The molecule has 20 heavy (non-hydrogen) atoms. The van der Waals surface area contributed by atoms with Crippen LogP contribution in [0.25, 0.3) is 11.0 Å². The van der Waals surface area contributed by atoms with Crippen LogP contribution in [0.5, 0.6) is 0 Å². The quantitative estimate of drug-likeness (QED) is 0.821. The van der Waals surface area contributed by atoms with E-state index in [-0.39, 0.29) is 12.4 Å². The maximum atomic E-state index is 13.3. The normalized spacial score (nSPS) is 12.2. The van der Waals surface area contributed by atoms with Crippen LogP contribution < -0.4 is 4.72 Å². The Morgan fingerprint density at radius 1 is 1.45 bits per heavy atom. The first-order chi connectivity index (χ1) is 9.40. The number of hydrogen-bond acceptors (Lipinski definition) is 3. The van der Waals surface area contributed by atoms with Crippen LogP contribution in [0.2, 0.25) is 0 Å². The topological polar surface area (TPSA) is 64.0 Å². The number of halogens is 2. The monoisotopic (exact) mass is 319 g/mol. The van der Waals surface area contributed by atoms with Crippen molar-refractivity contribution in [3.05, 3.63) is 29.8 Å². The third kappa shape index (κ3) is 3.68. The molecule has 0 saturated heterocycles. The minimum absolute atomic E-state index is 0.218. The molecular weight excluding hydrogens is 305 g/mol. The molecule has 0 spiro atoms. The first-order valence-electron chi connectivity index (χ1n) is 6.06. The molecule has 0 aliphatic carbocycles. The summed E-state index contributed by atoms with van der Waals surface area (Å²) >= 11 is 5.73. The number of nitrogens with zero attached hydrogens (tertiary/aromatic N) is 2. The number of alkyl halides is 1. The van der Waals surface area contributed by atoms with Gasteiger partial charge in [0.15, 0.2) is 0 Å². The van der Waals surface area contributed by atoms with Crippen molar-refractivity contribution < 1.29 is 12.8 Å². The Hall–Kier alpha value is -1.18. The lowest BCUT2D eigenvalue weighted by molar-refractivity contribution is 0.577. The summed E-state index contributed by atoms with van der Waals surface area (Å²) in [6.07, 6.45) is 1.63. The number of imidazole rings is 1. The summed E-state index contributed by atoms with van der Waals surface area (Å²) in [5, 5.41) is 0. The van der Waals surface area contributed by atoms with Gasteiger partial charge in [0.25, 0.3) is 0 Å². The van der Waals surface area contributed by atoms with E-state index in [1.165, 1.54) is 12.1 Å². The van der Waals surface area contributed by atoms with Gasteiger partial charge in [0.1, 0.15) is 11.6 Å². The number of rotatable bonds is 6. The molecule has 8 heteroatoms. The second kappa shape index (κ2) is 6.07. The molecule has 2 rings (SSSR count). The van der Waals surface area contributed by atoms with Gasteiger partial charge >= 0.3 is 0 Å². The van der Waals surface area contributed by atoms with Crippen LogP contribution in [0.15, 0.2) is 18.2 Å². The highest BCUT2D eigenvalue weighted by molar-refractivity contribution is 7.88. The minimum Gasteiger partial charge on any atom is -0.327 e. The predicted octanol–water partition coefficient (Wildman–Crippen LogP) is 1.51. The van der Waals surface area contributed by atoms with Crippen LogP contribution in [0.4, 0.5) is 4.39 Å². The van der Waals surface area contributed by atoms with Gasteiger partial charge in [-0.05, 0) is 18.2 Å². The minimum atomic E-state index is -3.25. The SMILES string of the molecule is CS(=O)(=O)NCCn1c(CCCl)nc2ccc(F)cc21. The maximum Gasteiger partial charge on any atom is 0.208 e. The molecule has 1 aromatic carbocycles. The average Bonchev–Trinajstić information content (AvgIpc) is 2.66. The molecule has 5 nitrogen and oxygen atoms in total. The molecule has 0 aliphatic heterocycles. The van der Waals surface area contributed by atoms with E-state index in [1.54, 1.807) is 10.6 Å². The molecule has 0 radical (unpaired) electrons. The van der Waals surface area contributed by atoms with Gasteiger partial charge in [0.05, 0.1) is 17.3 Å². The Labute approximate surface area is 121 Å². The number of sulfonamides is 1. The van der Waals surface area contributed by atoms with Gasteiger partial charge in [-0.3, -0.25) is 0 Å². The second-order valence-electron chi connectivity index (χ2n) is 4.42. The third-order valence-electron chi connectivity index (χ3n) is 2.81. The summed E-state index contributed by atoms with van der Waals surface area (Å²) in [5.74, 6) is 0.758. The Balaban J connectivity index is 2.32. The smallest absolute Gasteiger partial charge is 0.208 e. The number of aromatic nitrogens is 2. The summed E-state index contributed by atoms with van der Waals surface area (Å²) in [6, 6.07) is 4.34. The van der Waals surface area contributed by atoms with E-state index in [9.17, 15) is 12.8 Å². The highest BCUT2D eigenvalue weighted by Crippen LogP contribution is 2.18. The molecular formula is C12H15ClFN3O2S. The zero-order valence-electron chi connectivity index (χ0n) is 10.9. The summed E-state index contributed by atoms with van der Waals surface area (Å²) in [7, 11) is -3.25. The molecule has 0 saturated carbocycles. The number of benzene rings is 1.